The quantitative estimate of drug-likeness (QED) is 0.649. The Morgan fingerprint density at radius 1 is 1.40 bits per heavy atom. The normalized spacial score (nSPS) is 14.8. The number of hydrogen-bond donors (Lipinski definition) is 2. The summed E-state index contributed by atoms with van der Waals surface area (Å²) in [6.45, 7) is 3.03. The van der Waals surface area contributed by atoms with Gasteiger partial charge in [-0.05, 0) is 37.5 Å². The van der Waals surface area contributed by atoms with Crippen molar-refractivity contribution in [2.45, 2.75) is 38.7 Å². The highest BCUT2D eigenvalue weighted by molar-refractivity contribution is 5.96. The van der Waals surface area contributed by atoms with Crippen molar-refractivity contribution in [1.29, 1.82) is 0 Å². The summed E-state index contributed by atoms with van der Waals surface area (Å²) in [5.41, 5.74) is 7.88. The fourth-order valence-corrected chi connectivity index (χ4v) is 2.42. The van der Waals surface area contributed by atoms with Crippen LogP contribution >= 0.6 is 12.4 Å². The molecule has 1 aromatic carbocycles. The van der Waals surface area contributed by atoms with Crippen molar-refractivity contribution in [3.8, 4) is 0 Å². The Balaban J connectivity index is 0.00000200. The minimum atomic E-state index is -0.0835. The number of nitrogens with two attached hydrogens (primary N) is 1. The van der Waals surface area contributed by atoms with Gasteiger partial charge in [-0.15, -0.1) is 12.4 Å². The lowest BCUT2D eigenvalue weighted by Crippen LogP contribution is -2.29. The first-order chi connectivity index (χ1) is 9.16. The van der Waals surface area contributed by atoms with Gasteiger partial charge in [0.25, 0.3) is 5.91 Å². The Kier molecular flexibility index (Phi) is 6.82. The molecule has 0 radical (unpaired) electrons. The molecule has 0 bridgehead atoms. The molecule has 0 heterocycles. The van der Waals surface area contributed by atoms with Crippen LogP contribution in [0.3, 0.4) is 0 Å². The van der Waals surface area contributed by atoms with E-state index < -0.39 is 0 Å². The number of nitrogen functional groups attached to an aromatic ring is 1. The van der Waals surface area contributed by atoms with E-state index in [9.17, 15) is 4.79 Å². The summed E-state index contributed by atoms with van der Waals surface area (Å²) in [6, 6.07) is 5.37. The zero-order valence-corrected chi connectivity index (χ0v) is 12.7. The molecule has 1 amide bonds. The van der Waals surface area contributed by atoms with Crippen LogP contribution in [0.15, 0.2) is 18.2 Å². The third-order valence-corrected chi connectivity index (χ3v) is 3.55. The maximum Gasteiger partial charge on any atom is 0.251 e. The molecule has 20 heavy (non-hydrogen) atoms. The molecule has 1 aliphatic rings. The average molecular weight is 299 g/mol. The van der Waals surface area contributed by atoms with Crippen LogP contribution in [0.5, 0.6) is 0 Å². The predicted octanol–water partition coefficient (Wildman–Crippen LogP) is 2.69. The molecule has 2 rings (SSSR count). The third-order valence-electron chi connectivity index (χ3n) is 3.55. The molecule has 4 nitrogen and oxygen atoms in total. The molecular formula is C15H23ClN2O2. The monoisotopic (exact) mass is 298 g/mol. The lowest BCUT2D eigenvalue weighted by atomic mass is 10.1. The van der Waals surface area contributed by atoms with Crippen LogP contribution in [0, 0.1) is 6.92 Å². The van der Waals surface area contributed by atoms with Gasteiger partial charge in [0.2, 0.25) is 0 Å². The molecule has 1 aromatic rings. The summed E-state index contributed by atoms with van der Waals surface area (Å²) in [5, 5.41) is 2.87. The number of anilines is 1. The highest BCUT2D eigenvalue weighted by Gasteiger charge is 2.15. The summed E-state index contributed by atoms with van der Waals surface area (Å²) in [5.74, 6) is -0.0835. The van der Waals surface area contributed by atoms with Gasteiger partial charge in [-0.1, -0.05) is 18.9 Å². The van der Waals surface area contributed by atoms with Crippen LogP contribution < -0.4 is 11.1 Å². The van der Waals surface area contributed by atoms with Crippen molar-refractivity contribution in [2.75, 3.05) is 18.9 Å². The van der Waals surface area contributed by atoms with E-state index in [2.05, 4.69) is 5.32 Å². The fraction of sp³-hybridized carbons (Fsp3) is 0.533. The summed E-state index contributed by atoms with van der Waals surface area (Å²) < 4.78 is 5.70. The second kappa shape index (κ2) is 8.12. The molecule has 0 aliphatic heterocycles. The topological polar surface area (TPSA) is 64.4 Å². The number of carbonyl (C=O) groups is 1. The van der Waals surface area contributed by atoms with Gasteiger partial charge in [-0.25, -0.2) is 0 Å². The Hall–Kier alpha value is -1.26. The number of nitrogens with one attached hydrogen (secondary N) is 1. The van der Waals surface area contributed by atoms with Gasteiger partial charge in [-0.2, -0.15) is 0 Å². The number of aryl methyl sites for hydroxylation is 1. The largest absolute Gasteiger partial charge is 0.399 e. The molecule has 0 unspecified atom stereocenters. The first kappa shape index (κ1) is 16.8. The van der Waals surface area contributed by atoms with Gasteiger partial charge >= 0.3 is 0 Å². The molecule has 0 spiro atoms. The zero-order chi connectivity index (χ0) is 13.7. The van der Waals surface area contributed by atoms with Crippen molar-refractivity contribution >= 4 is 24.0 Å². The Bertz CT molecular complexity index is 445. The van der Waals surface area contributed by atoms with Crippen LogP contribution in [0.2, 0.25) is 0 Å². The number of amides is 1. The number of benzene rings is 1. The smallest absolute Gasteiger partial charge is 0.251 e. The van der Waals surface area contributed by atoms with Crippen LogP contribution in [-0.4, -0.2) is 25.2 Å². The first-order valence-electron chi connectivity index (χ1n) is 6.93. The molecule has 0 saturated heterocycles. The van der Waals surface area contributed by atoms with Crippen LogP contribution in [0.25, 0.3) is 0 Å². The lowest BCUT2D eigenvalue weighted by Gasteiger charge is -2.12. The highest BCUT2D eigenvalue weighted by Crippen LogP contribution is 2.20. The summed E-state index contributed by atoms with van der Waals surface area (Å²) in [7, 11) is 0. The average Bonchev–Trinajstić information content (AvgIpc) is 2.90. The van der Waals surface area contributed by atoms with E-state index in [0.29, 0.717) is 30.5 Å². The molecule has 0 atom stereocenters. The van der Waals surface area contributed by atoms with E-state index in [1.807, 2.05) is 13.0 Å². The van der Waals surface area contributed by atoms with E-state index in [4.69, 9.17) is 10.5 Å². The maximum absolute atomic E-state index is 12.0. The van der Waals surface area contributed by atoms with Crippen molar-refractivity contribution in [3.63, 3.8) is 0 Å². The van der Waals surface area contributed by atoms with Crippen LogP contribution in [-0.2, 0) is 4.74 Å². The van der Waals surface area contributed by atoms with E-state index in [0.717, 1.165) is 18.4 Å². The van der Waals surface area contributed by atoms with Crippen LogP contribution in [0.1, 0.15) is 41.6 Å². The second-order valence-corrected chi connectivity index (χ2v) is 5.11. The molecule has 0 aromatic heterocycles. The lowest BCUT2D eigenvalue weighted by molar-refractivity contribution is 0.0581. The van der Waals surface area contributed by atoms with E-state index in [-0.39, 0.29) is 18.3 Å². The van der Waals surface area contributed by atoms with Crippen molar-refractivity contribution in [3.05, 3.63) is 29.3 Å². The molecule has 5 heteroatoms. The second-order valence-electron chi connectivity index (χ2n) is 5.11. The van der Waals surface area contributed by atoms with Gasteiger partial charge in [0.1, 0.15) is 0 Å². The van der Waals surface area contributed by atoms with Crippen molar-refractivity contribution in [1.82, 2.24) is 5.32 Å². The Morgan fingerprint density at radius 3 is 2.80 bits per heavy atom. The van der Waals surface area contributed by atoms with Gasteiger partial charge in [-0.3, -0.25) is 4.79 Å². The highest BCUT2D eigenvalue weighted by atomic mass is 35.5. The SMILES string of the molecule is Cc1ccc(N)cc1C(=O)NCCOC1CCCC1.Cl. The number of carbonyl (C=O) groups excluding carboxylic acids is 1. The van der Waals surface area contributed by atoms with Crippen molar-refractivity contribution in [2.24, 2.45) is 0 Å². The zero-order valence-electron chi connectivity index (χ0n) is 11.9. The minimum absolute atomic E-state index is 0. The maximum atomic E-state index is 12.0. The van der Waals surface area contributed by atoms with Gasteiger partial charge in [0.05, 0.1) is 12.7 Å². The number of halogens is 1. The van der Waals surface area contributed by atoms with Gasteiger partial charge in [0, 0.05) is 17.8 Å². The van der Waals surface area contributed by atoms with Gasteiger partial charge in [0.15, 0.2) is 0 Å². The van der Waals surface area contributed by atoms with E-state index in [1.165, 1.54) is 12.8 Å². The number of ether oxygens (including phenoxy) is 1. The third kappa shape index (κ3) is 4.69. The van der Waals surface area contributed by atoms with E-state index >= 15 is 0 Å². The standard InChI is InChI=1S/C15H22N2O2.ClH/c1-11-6-7-12(16)10-14(11)15(18)17-8-9-19-13-4-2-3-5-13;/h6-7,10,13H,2-5,8-9,16H2,1H3,(H,17,18);1H. The summed E-state index contributed by atoms with van der Waals surface area (Å²) >= 11 is 0. The molecular weight excluding hydrogens is 276 g/mol. The summed E-state index contributed by atoms with van der Waals surface area (Å²) in [4.78, 5) is 12.0. The molecule has 1 saturated carbocycles. The number of rotatable bonds is 5. The van der Waals surface area contributed by atoms with Crippen LogP contribution in [0.4, 0.5) is 5.69 Å². The number of hydrogen-bond acceptors (Lipinski definition) is 3. The first-order valence-corrected chi connectivity index (χ1v) is 6.93. The molecule has 1 aliphatic carbocycles. The fourth-order valence-electron chi connectivity index (χ4n) is 2.42. The molecule has 3 N–H and O–H groups in total. The predicted molar refractivity (Wildman–Crippen MR) is 83.4 cm³/mol. The van der Waals surface area contributed by atoms with Gasteiger partial charge < -0.3 is 15.8 Å². The van der Waals surface area contributed by atoms with E-state index in [1.54, 1.807) is 12.1 Å². The molecule has 1 fully saturated rings. The Labute approximate surface area is 126 Å². The minimum Gasteiger partial charge on any atom is -0.399 e. The molecule has 112 valence electrons. The summed E-state index contributed by atoms with van der Waals surface area (Å²) in [6.07, 6.45) is 5.23. The van der Waals surface area contributed by atoms with Crippen molar-refractivity contribution < 1.29 is 9.53 Å². The Morgan fingerprint density at radius 2 is 2.10 bits per heavy atom.